The van der Waals surface area contributed by atoms with Crippen LogP contribution < -0.4 is 0 Å². The minimum absolute atomic E-state index is 0.200. The topological polar surface area (TPSA) is 53.0 Å². The lowest BCUT2D eigenvalue weighted by Crippen LogP contribution is -2.63. The standard InChI is InChI=1S/C13H24N2O3/c1-13(2,3)18-12(17)15-7-10(8-15)14-6-4-5-11(16)9-14/h10-11,16H,4-9H2,1-3H3/t11-/m0/s1. The molecule has 1 amide bonds. The molecule has 1 atom stereocenters. The molecule has 0 spiro atoms. The van der Waals surface area contributed by atoms with E-state index in [2.05, 4.69) is 4.90 Å². The number of aliphatic hydroxyl groups is 1. The predicted molar refractivity (Wildman–Crippen MR) is 68.4 cm³/mol. The lowest BCUT2D eigenvalue weighted by Gasteiger charge is -2.47. The van der Waals surface area contributed by atoms with Gasteiger partial charge in [0.05, 0.1) is 6.10 Å². The van der Waals surface area contributed by atoms with E-state index in [-0.39, 0.29) is 12.2 Å². The number of ether oxygens (including phenoxy) is 1. The van der Waals surface area contributed by atoms with Gasteiger partial charge in [0.1, 0.15) is 5.60 Å². The normalized spacial score (nSPS) is 26.9. The second-order valence-electron chi connectivity index (χ2n) is 6.33. The Bertz CT molecular complexity index is 308. The van der Waals surface area contributed by atoms with Gasteiger partial charge in [-0.05, 0) is 40.2 Å². The minimum atomic E-state index is -0.427. The molecule has 0 saturated carbocycles. The Hall–Kier alpha value is -0.810. The Balaban J connectivity index is 1.75. The summed E-state index contributed by atoms with van der Waals surface area (Å²) in [7, 11) is 0. The fraction of sp³-hybridized carbons (Fsp3) is 0.923. The van der Waals surface area contributed by atoms with Crippen molar-refractivity contribution in [3.05, 3.63) is 0 Å². The number of carbonyl (C=O) groups is 1. The molecule has 2 heterocycles. The Kier molecular flexibility index (Phi) is 3.82. The molecule has 2 fully saturated rings. The number of β-amino-alcohol motifs (C(OH)–C–C–N with tert-alkyl or cyclic N) is 1. The molecule has 18 heavy (non-hydrogen) atoms. The summed E-state index contributed by atoms with van der Waals surface area (Å²) >= 11 is 0. The molecule has 2 rings (SSSR count). The van der Waals surface area contributed by atoms with E-state index in [4.69, 9.17) is 4.74 Å². The molecule has 104 valence electrons. The van der Waals surface area contributed by atoms with Crippen molar-refractivity contribution in [1.82, 2.24) is 9.80 Å². The number of aliphatic hydroxyl groups excluding tert-OH is 1. The summed E-state index contributed by atoms with van der Waals surface area (Å²) < 4.78 is 5.32. The van der Waals surface area contributed by atoms with Crippen LogP contribution in [0.25, 0.3) is 0 Å². The van der Waals surface area contributed by atoms with Gasteiger partial charge < -0.3 is 14.7 Å². The van der Waals surface area contributed by atoms with Gasteiger partial charge in [0.2, 0.25) is 0 Å². The molecular formula is C13H24N2O3. The van der Waals surface area contributed by atoms with Crippen molar-refractivity contribution in [3.63, 3.8) is 0 Å². The maximum Gasteiger partial charge on any atom is 0.410 e. The van der Waals surface area contributed by atoms with Crippen LogP contribution in [0.2, 0.25) is 0 Å². The zero-order valence-electron chi connectivity index (χ0n) is 11.6. The maximum atomic E-state index is 11.8. The average Bonchev–Trinajstić information content (AvgIpc) is 2.11. The largest absolute Gasteiger partial charge is 0.444 e. The van der Waals surface area contributed by atoms with Crippen molar-refractivity contribution < 1.29 is 14.6 Å². The SMILES string of the molecule is CC(C)(C)OC(=O)N1CC(N2CCC[C@H](O)C2)C1. The number of piperidine rings is 1. The zero-order chi connectivity index (χ0) is 13.3. The Morgan fingerprint density at radius 1 is 1.28 bits per heavy atom. The first-order valence-corrected chi connectivity index (χ1v) is 6.75. The molecule has 0 bridgehead atoms. The number of likely N-dealkylation sites (tertiary alicyclic amines) is 2. The van der Waals surface area contributed by atoms with Crippen LogP contribution in [0, 0.1) is 0 Å². The predicted octanol–water partition coefficient (Wildman–Crippen LogP) is 1.06. The van der Waals surface area contributed by atoms with Gasteiger partial charge in [0, 0.05) is 25.7 Å². The van der Waals surface area contributed by atoms with Crippen LogP contribution in [0.15, 0.2) is 0 Å². The number of rotatable bonds is 1. The molecule has 0 radical (unpaired) electrons. The van der Waals surface area contributed by atoms with E-state index < -0.39 is 5.60 Å². The summed E-state index contributed by atoms with van der Waals surface area (Å²) in [6, 6.07) is 0.396. The number of amides is 1. The molecule has 0 aromatic rings. The van der Waals surface area contributed by atoms with E-state index in [9.17, 15) is 9.90 Å². The number of hydrogen-bond donors (Lipinski definition) is 1. The van der Waals surface area contributed by atoms with E-state index in [0.717, 1.165) is 39.0 Å². The fourth-order valence-electron chi connectivity index (χ4n) is 2.48. The first-order valence-electron chi connectivity index (χ1n) is 6.75. The van der Waals surface area contributed by atoms with Crippen LogP contribution in [0.4, 0.5) is 4.79 Å². The minimum Gasteiger partial charge on any atom is -0.444 e. The number of carbonyl (C=O) groups excluding carboxylic acids is 1. The summed E-state index contributed by atoms with van der Waals surface area (Å²) in [5.41, 5.74) is -0.427. The van der Waals surface area contributed by atoms with E-state index in [1.165, 1.54) is 0 Å². The van der Waals surface area contributed by atoms with E-state index in [0.29, 0.717) is 6.04 Å². The zero-order valence-corrected chi connectivity index (χ0v) is 11.6. The summed E-state index contributed by atoms with van der Waals surface area (Å²) in [6.07, 6.45) is 1.52. The van der Waals surface area contributed by atoms with Crippen molar-refractivity contribution in [3.8, 4) is 0 Å². The van der Waals surface area contributed by atoms with E-state index in [1.807, 2.05) is 20.8 Å². The lowest BCUT2D eigenvalue weighted by molar-refractivity contribution is -0.0334. The van der Waals surface area contributed by atoms with E-state index >= 15 is 0 Å². The third kappa shape index (κ3) is 3.36. The van der Waals surface area contributed by atoms with Gasteiger partial charge in [0.25, 0.3) is 0 Å². The highest BCUT2D eigenvalue weighted by molar-refractivity contribution is 5.69. The summed E-state index contributed by atoms with van der Waals surface area (Å²) in [6.45, 7) is 8.86. The molecule has 2 aliphatic rings. The number of hydrogen-bond acceptors (Lipinski definition) is 4. The second-order valence-corrected chi connectivity index (χ2v) is 6.33. The summed E-state index contributed by atoms with van der Waals surface area (Å²) in [5.74, 6) is 0. The highest BCUT2D eigenvalue weighted by Crippen LogP contribution is 2.22. The third-order valence-corrected chi connectivity index (χ3v) is 3.46. The molecular weight excluding hydrogens is 232 g/mol. The molecule has 0 aromatic carbocycles. The average molecular weight is 256 g/mol. The smallest absolute Gasteiger partial charge is 0.410 e. The van der Waals surface area contributed by atoms with Gasteiger partial charge in [-0.3, -0.25) is 4.90 Å². The van der Waals surface area contributed by atoms with Crippen molar-refractivity contribution in [2.45, 2.75) is 51.4 Å². The molecule has 0 aromatic heterocycles. The lowest BCUT2D eigenvalue weighted by atomic mass is 10.0. The monoisotopic (exact) mass is 256 g/mol. The molecule has 0 unspecified atom stereocenters. The molecule has 1 N–H and O–H groups in total. The molecule has 5 nitrogen and oxygen atoms in total. The second kappa shape index (κ2) is 5.05. The Morgan fingerprint density at radius 2 is 1.94 bits per heavy atom. The third-order valence-electron chi connectivity index (χ3n) is 3.46. The molecule has 0 aliphatic carbocycles. The Labute approximate surface area is 109 Å². The first kappa shape index (κ1) is 13.6. The van der Waals surface area contributed by atoms with Crippen molar-refractivity contribution in [2.24, 2.45) is 0 Å². The van der Waals surface area contributed by atoms with E-state index in [1.54, 1.807) is 4.90 Å². The maximum absolute atomic E-state index is 11.8. The van der Waals surface area contributed by atoms with Crippen LogP contribution in [0.5, 0.6) is 0 Å². The molecule has 2 aliphatic heterocycles. The number of nitrogens with zero attached hydrogens (tertiary/aromatic N) is 2. The van der Waals surface area contributed by atoms with Gasteiger partial charge in [-0.25, -0.2) is 4.79 Å². The van der Waals surface area contributed by atoms with Crippen molar-refractivity contribution >= 4 is 6.09 Å². The summed E-state index contributed by atoms with van der Waals surface area (Å²) in [4.78, 5) is 15.8. The highest BCUT2D eigenvalue weighted by Gasteiger charge is 2.38. The Morgan fingerprint density at radius 3 is 2.50 bits per heavy atom. The van der Waals surface area contributed by atoms with Gasteiger partial charge in [-0.15, -0.1) is 0 Å². The van der Waals surface area contributed by atoms with Crippen LogP contribution in [-0.2, 0) is 4.74 Å². The van der Waals surface area contributed by atoms with Crippen LogP contribution in [0.1, 0.15) is 33.6 Å². The van der Waals surface area contributed by atoms with Gasteiger partial charge in [-0.1, -0.05) is 0 Å². The van der Waals surface area contributed by atoms with Gasteiger partial charge in [0.15, 0.2) is 0 Å². The van der Waals surface area contributed by atoms with Crippen molar-refractivity contribution in [1.29, 1.82) is 0 Å². The van der Waals surface area contributed by atoms with Crippen LogP contribution >= 0.6 is 0 Å². The highest BCUT2D eigenvalue weighted by atomic mass is 16.6. The quantitative estimate of drug-likeness (QED) is 0.762. The molecule has 5 heteroatoms. The summed E-state index contributed by atoms with van der Waals surface area (Å²) in [5, 5.41) is 9.63. The van der Waals surface area contributed by atoms with Crippen LogP contribution in [-0.4, -0.2) is 64.9 Å². The fourth-order valence-corrected chi connectivity index (χ4v) is 2.48. The first-order chi connectivity index (χ1) is 8.35. The van der Waals surface area contributed by atoms with Crippen molar-refractivity contribution in [2.75, 3.05) is 26.2 Å². The van der Waals surface area contributed by atoms with Gasteiger partial charge >= 0.3 is 6.09 Å². The van der Waals surface area contributed by atoms with Crippen LogP contribution in [0.3, 0.4) is 0 Å². The van der Waals surface area contributed by atoms with Gasteiger partial charge in [-0.2, -0.15) is 0 Å². The molecule has 2 saturated heterocycles.